The minimum Gasteiger partial charge on any atom is -0.497 e. The first-order valence-corrected chi connectivity index (χ1v) is 13.9. The van der Waals surface area contributed by atoms with Crippen LogP contribution in [0.2, 0.25) is 5.02 Å². The van der Waals surface area contributed by atoms with Crippen molar-refractivity contribution in [3.63, 3.8) is 0 Å². The summed E-state index contributed by atoms with van der Waals surface area (Å²) in [5.74, 6) is 1.33. The smallest absolute Gasteiger partial charge is 0.338 e. The maximum Gasteiger partial charge on any atom is 0.338 e. The number of hydrogen-bond acceptors (Lipinski definition) is 6. The molecular formula is C32H30ClN3O3. The average Bonchev–Trinajstić information content (AvgIpc) is 3.64. The molecule has 0 spiro atoms. The third-order valence-electron chi connectivity index (χ3n) is 8.35. The van der Waals surface area contributed by atoms with Gasteiger partial charge in [0.2, 0.25) is 0 Å². The van der Waals surface area contributed by atoms with E-state index in [1.54, 1.807) is 13.2 Å². The molecule has 1 fully saturated rings. The van der Waals surface area contributed by atoms with E-state index in [0.717, 1.165) is 46.7 Å². The van der Waals surface area contributed by atoms with Gasteiger partial charge in [0.1, 0.15) is 18.4 Å². The van der Waals surface area contributed by atoms with Crippen LogP contribution in [-0.2, 0) is 17.8 Å². The standard InChI is InChI=1S/C32H30ClN3O3/c1-38-26-12-6-20(7-13-26)19-39-32(37)23-10-14-27-22(16-23)9-15-28-30(27)35-36(31(28)21-4-2-3-5-21)25-11-8-24(18-34)29(33)17-25/h6-8,10-14,16-17,21,28,31H,2-5,9,15,19H2,1H3/t28-,31-/m0/s1. The molecule has 3 aromatic carbocycles. The highest BCUT2D eigenvalue weighted by molar-refractivity contribution is 6.32. The number of aryl methyl sites for hydroxylation is 1. The molecule has 39 heavy (non-hydrogen) atoms. The maximum absolute atomic E-state index is 12.9. The summed E-state index contributed by atoms with van der Waals surface area (Å²) in [6.07, 6.45) is 6.79. The Morgan fingerprint density at radius 1 is 1.08 bits per heavy atom. The SMILES string of the molecule is COc1ccc(COC(=O)c2ccc3c(c2)CC[C@H]2C3=NN(c3ccc(C#N)c(Cl)c3)[C@H]2C2CCCC2)cc1. The number of methoxy groups -OCH3 is 1. The molecule has 6 nitrogen and oxygen atoms in total. The highest BCUT2D eigenvalue weighted by Crippen LogP contribution is 2.45. The van der Waals surface area contributed by atoms with E-state index in [2.05, 4.69) is 11.1 Å². The summed E-state index contributed by atoms with van der Waals surface area (Å²) in [5.41, 5.74) is 6.20. The normalized spacial score (nSPS) is 20.1. The lowest BCUT2D eigenvalue weighted by molar-refractivity contribution is 0.0472. The van der Waals surface area contributed by atoms with Gasteiger partial charge < -0.3 is 9.47 Å². The van der Waals surface area contributed by atoms with Crippen molar-refractivity contribution < 1.29 is 14.3 Å². The summed E-state index contributed by atoms with van der Waals surface area (Å²) in [4.78, 5) is 12.9. The van der Waals surface area contributed by atoms with E-state index in [-0.39, 0.29) is 18.6 Å². The molecule has 2 aliphatic carbocycles. The second kappa shape index (κ2) is 10.7. The monoisotopic (exact) mass is 539 g/mol. The second-order valence-corrected chi connectivity index (χ2v) is 11.0. The number of anilines is 1. The van der Waals surface area contributed by atoms with Crippen LogP contribution in [0.1, 0.15) is 64.7 Å². The number of nitriles is 1. The van der Waals surface area contributed by atoms with Crippen molar-refractivity contribution in [3.8, 4) is 11.8 Å². The van der Waals surface area contributed by atoms with E-state index in [1.165, 1.54) is 25.7 Å². The second-order valence-electron chi connectivity index (χ2n) is 10.6. The molecule has 6 rings (SSSR count). The van der Waals surface area contributed by atoms with Crippen LogP contribution < -0.4 is 9.75 Å². The number of hydrazone groups is 1. The molecule has 2 atom stereocenters. The predicted octanol–water partition coefficient (Wildman–Crippen LogP) is 6.92. The lowest BCUT2D eigenvalue weighted by Gasteiger charge is -2.34. The van der Waals surface area contributed by atoms with Crippen molar-refractivity contribution in [1.29, 1.82) is 5.26 Å². The molecule has 198 valence electrons. The van der Waals surface area contributed by atoms with Gasteiger partial charge in [-0.25, -0.2) is 4.79 Å². The fourth-order valence-electron chi connectivity index (χ4n) is 6.39. The Morgan fingerprint density at radius 2 is 1.87 bits per heavy atom. The average molecular weight is 540 g/mol. The number of ether oxygens (including phenoxy) is 2. The molecule has 0 amide bonds. The fraction of sp³-hybridized carbons (Fsp3) is 0.344. The van der Waals surface area contributed by atoms with E-state index >= 15 is 0 Å². The van der Waals surface area contributed by atoms with Crippen molar-refractivity contribution in [2.24, 2.45) is 16.9 Å². The van der Waals surface area contributed by atoms with Gasteiger partial charge in [-0.2, -0.15) is 10.4 Å². The number of benzene rings is 3. The molecule has 0 radical (unpaired) electrons. The van der Waals surface area contributed by atoms with Gasteiger partial charge in [-0.1, -0.05) is 42.6 Å². The third-order valence-corrected chi connectivity index (χ3v) is 8.67. The topological polar surface area (TPSA) is 74.9 Å². The zero-order valence-corrected chi connectivity index (χ0v) is 22.7. The fourth-order valence-corrected chi connectivity index (χ4v) is 6.60. The van der Waals surface area contributed by atoms with E-state index < -0.39 is 0 Å². The molecule has 7 heteroatoms. The van der Waals surface area contributed by atoms with Crippen LogP contribution in [-0.4, -0.2) is 24.8 Å². The van der Waals surface area contributed by atoms with Crippen LogP contribution in [0.4, 0.5) is 5.69 Å². The number of hydrogen-bond donors (Lipinski definition) is 0. The summed E-state index contributed by atoms with van der Waals surface area (Å²) in [7, 11) is 1.62. The van der Waals surface area contributed by atoms with Gasteiger partial charge in [0.25, 0.3) is 0 Å². The van der Waals surface area contributed by atoms with Gasteiger partial charge >= 0.3 is 5.97 Å². The molecular weight excluding hydrogens is 510 g/mol. The van der Waals surface area contributed by atoms with Crippen molar-refractivity contribution >= 4 is 29.0 Å². The van der Waals surface area contributed by atoms with Gasteiger partial charge in [0.05, 0.1) is 40.7 Å². The van der Waals surface area contributed by atoms with Crippen LogP contribution in [0, 0.1) is 23.2 Å². The van der Waals surface area contributed by atoms with Crippen molar-refractivity contribution in [3.05, 3.63) is 93.5 Å². The number of fused-ring (bicyclic) bond motifs is 3. The Morgan fingerprint density at radius 3 is 2.59 bits per heavy atom. The lowest BCUT2D eigenvalue weighted by atomic mass is 9.75. The number of esters is 1. The highest BCUT2D eigenvalue weighted by Gasteiger charge is 2.45. The van der Waals surface area contributed by atoms with Gasteiger partial charge in [-0.05, 0) is 85.2 Å². The summed E-state index contributed by atoms with van der Waals surface area (Å²) >= 11 is 6.43. The van der Waals surface area contributed by atoms with E-state index in [1.807, 2.05) is 54.6 Å². The minimum absolute atomic E-state index is 0.208. The Kier molecular flexibility index (Phi) is 7.01. The summed E-state index contributed by atoms with van der Waals surface area (Å²) < 4.78 is 10.8. The third kappa shape index (κ3) is 4.88. The first-order valence-electron chi connectivity index (χ1n) is 13.6. The van der Waals surface area contributed by atoms with Crippen LogP contribution in [0.5, 0.6) is 5.75 Å². The van der Waals surface area contributed by atoms with E-state index in [4.69, 9.17) is 26.2 Å². The van der Waals surface area contributed by atoms with Gasteiger partial charge in [-0.3, -0.25) is 5.01 Å². The molecule has 1 aliphatic heterocycles. The van der Waals surface area contributed by atoms with E-state index in [0.29, 0.717) is 28.0 Å². The molecule has 1 saturated carbocycles. The Labute approximate surface area is 233 Å². The molecule has 0 unspecified atom stereocenters. The zero-order valence-electron chi connectivity index (χ0n) is 21.9. The van der Waals surface area contributed by atoms with Crippen molar-refractivity contribution in [1.82, 2.24) is 0 Å². The Balaban J connectivity index is 1.26. The number of halogens is 1. The molecule has 3 aliphatic rings. The minimum atomic E-state index is -0.332. The number of carbonyl (C=O) groups is 1. The molecule has 0 aromatic heterocycles. The molecule has 3 aromatic rings. The van der Waals surface area contributed by atoms with Gasteiger partial charge in [0.15, 0.2) is 0 Å². The van der Waals surface area contributed by atoms with Gasteiger partial charge in [-0.15, -0.1) is 0 Å². The first-order chi connectivity index (χ1) is 19.1. The molecule has 1 heterocycles. The largest absolute Gasteiger partial charge is 0.497 e. The molecule has 0 N–H and O–H groups in total. The number of rotatable bonds is 6. The van der Waals surface area contributed by atoms with Crippen LogP contribution >= 0.6 is 11.6 Å². The van der Waals surface area contributed by atoms with Crippen LogP contribution in [0.15, 0.2) is 65.8 Å². The van der Waals surface area contributed by atoms with Crippen molar-refractivity contribution in [2.45, 2.75) is 51.2 Å². The summed E-state index contributed by atoms with van der Waals surface area (Å²) in [5, 5.41) is 17.1. The van der Waals surface area contributed by atoms with Crippen molar-refractivity contribution in [2.75, 3.05) is 12.1 Å². The lowest BCUT2D eigenvalue weighted by Crippen LogP contribution is -2.40. The highest BCUT2D eigenvalue weighted by atomic mass is 35.5. The first kappa shape index (κ1) is 25.5. The quantitative estimate of drug-likeness (QED) is 0.318. The van der Waals surface area contributed by atoms with Crippen LogP contribution in [0.3, 0.4) is 0 Å². The number of nitrogens with zero attached hydrogens (tertiary/aromatic N) is 3. The number of carbonyl (C=O) groups excluding carboxylic acids is 1. The molecule has 0 saturated heterocycles. The zero-order chi connectivity index (χ0) is 26.9. The Hall–Kier alpha value is -3.82. The Bertz CT molecular complexity index is 1470. The van der Waals surface area contributed by atoms with Gasteiger partial charge in [0, 0.05) is 11.5 Å². The maximum atomic E-state index is 12.9. The summed E-state index contributed by atoms with van der Waals surface area (Å²) in [6.45, 7) is 0.208. The summed E-state index contributed by atoms with van der Waals surface area (Å²) in [6, 6.07) is 21.4. The van der Waals surface area contributed by atoms with Crippen LogP contribution in [0.25, 0.3) is 0 Å². The molecule has 0 bridgehead atoms. The van der Waals surface area contributed by atoms with E-state index in [9.17, 15) is 10.1 Å². The predicted molar refractivity (Wildman–Crippen MR) is 151 cm³/mol.